The Bertz CT molecular complexity index is 682. The molecule has 1 atom stereocenters. The van der Waals surface area contributed by atoms with Crippen molar-refractivity contribution in [2.45, 2.75) is 6.10 Å². The van der Waals surface area contributed by atoms with Gasteiger partial charge in [0.1, 0.15) is 13.2 Å². The Morgan fingerprint density at radius 2 is 1.67 bits per heavy atom. The first kappa shape index (κ1) is 19.0. The molecule has 0 aliphatic carbocycles. The highest BCUT2D eigenvalue weighted by Gasteiger charge is 2.18. The van der Waals surface area contributed by atoms with E-state index < -0.39 is 0 Å². The molecule has 0 spiro atoms. The fourth-order valence-electron chi connectivity index (χ4n) is 2.05. The van der Waals surface area contributed by atoms with E-state index in [2.05, 4.69) is 23.7 Å². The van der Waals surface area contributed by atoms with Crippen LogP contribution < -0.4 is 4.74 Å². The molecular formula is C20H19NO3. The highest BCUT2D eigenvalue weighted by Crippen LogP contribution is 2.31. The Hall–Kier alpha value is -3.02. The van der Waals surface area contributed by atoms with E-state index in [4.69, 9.17) is 35.2 Å². The van der Waals surface area contributed by atoms with Gasteiger partial charge in [-0.25, -0.2) is 0 Å². The summed E-state index contributed by atoms with van der Waals surface area (Å²) in [5.74, 6) is 10.2. The topological polar surface area (TPSA) is 41.9 Å². The van der Waals surface area contributed by atoms with Gasteiger partial charge in [-0.15, -0.1) is 25.7 Å². The molecule has 0 aliphatic rings. The third-order valence-electron chi connectivity index (χ3n) is 3.09. The van der Waals surface area contributed by atoms with Gasteiger partial charge in [0.15, 0.2) is 11.5 Å². The molecule has 0 saturated heterocycles. The maximum atomic E-state index is 9.84. The second kappa shape index (κ2) is 10.7. The van der Waals surface area contributed by atoms with E-state index in [9.17, 15) is 5.11 Å². The minimum absolute atomic E-state index is 0.00574. The third-order valence-corrected chi connectivity index (χ3v) is 3.09. The average molecular weight is 321 g/mol. The van der Waals surface area contributed by atoms with Crippen molar-refractivity contribution in [3.63, 3.8) is 0 Å². The highest BCUT2D eigenvalue weighted by atomic mass is 16.5. The number of hydrogen-bond acceptors (Lipinski definition) is 4. The van der Waals surface area contributed by atoms with Crippen LogP contribution in [0.3, 0.4) is 0 Å². The number of aromatic hydroxyl groups is 1. The Kier molecular flexibility index (Phi) is 8.45. The first-order valence-corrected chi connectivity index (χ1v) is 7.19. The Balaban J connectivity index is 3.03. The number of ether oxygens (including phenoxy) is 2. The van der Waals surface area contributed by atoms with Crippen LogP contribution in [0, 0.1) is 49.4 Å². The van der Waals surface area contributed by atoms with Gasteiger partial charge < -0.3 is 14.6 Å². The Morgan fingerprint density at radius 1 is 1.00 bits per heavy atom. The predicted octanol–water partition coefficient (Wildman–Crippen LogP) is 1.66. The fraction of sp³-hybridized carbons (Fsp3) is 0.300. The zero-order valence-electron chi connectivity index (χ0n) is 13.4. The van der Waals surface area contributed by atoms with E-state index in [0.29, 0.717) is 19.6 Å². The zero-order valence-corrected chi connectivity index (χ0v) is 13.4. The normalized spacial score (nSPS) is 10.9. The smallest absolute Gasteiger partial charge is 0.162 e. The molecule has 122 valence electrons. The summed E-state index contributed by atoms with van der Waals surface area (Å²) < 4.78 is 11.0. The van der Waals surface area contributed by atoms with E-state index in [-0.39, 0.29) is 30.8 Å². The van der Waals surface area contributed by atoms with E-state index in [0.717, 1.165) is 5.56 Å². The molecule has 24 heavy (non-hydrogen) atoms. The van der Waals surface area contributed by atoms with Gasteiger partial charge in [0.25, 0.3) is 0 Å². The van der Waals surface area contributed by atoms with Crippen molar-refractivity contribution in [3.05, 3.63) is 23.8 Å². The highest BCUT2D eigenvalue weighted by molar-refractivity contribution is 5.42. The fourth-order valence-corrected chi connectivity index (χ4v) is 2.05. The average Bonchev–Trinajstić information content (AvgIpc) is 2.58. The molecule has 0 amide bonds. The van der Waals surface area contributed by atoms with Gasteiger partial charge in [-0.2, -0.15) is 0 Å². The number of rotatable bonds is 9. The second-order valence-electron chi connectivity index (χ2n) is 4.80. The summed E-state index contributed by atoms with van der Waals surface area (Å²) in [6.07, 6.45) is 20.8. The summed E-state index contributed by atoms with van der Waals surface area (Å²) in [7, 11) is 0. The molecule has 0 heterocycles. The number of phenols is 1. The van der Waals surface area contributed by atoms with E-state index in [1.807, 2.05) is 4.90 Å². The third kappa shape index (κ3) is 6.00. The predicted molar refractivity (Wildman–Crippen MR) is 94.1 cm³/mol. The minimum Gasteiger partial charge on any atom is -0.504 e. The van der Waals surface area contributed by atoms with E-state index in [1.165, 1.54) is 6.07 Å². The quantitative estimate of drug-likeness (QED) is 0.703. The molecule has 0 aromatic heterocycles. The van der Waals surface area contributed by atoms with Crippen LogP contribution in [-0.4, -0.2) is 42.9 Å². The number of phenolic OH excluding ortho intramolecular Hbond substituents is 1. The lowest BCUT2D eigenvalue weighted by atomic mass is 10.1. The molecule has 0 fully saturated rings. The van der Waals surface area contributed by atoms with Crippen molar-refractivity contribution in [1.29, 1.82) is 0 Å². The van der Waals surface area contributed by atoms with Crippen LogP contribution in [0.2, 0.25) is 0 Å². The van der Waals surface area contributed by atoms with Crippen molar-refractivity contribution in [3.8, 4) is 60.9 Å². The van der Waals surface area contributed by atoms with Crippen LogP contribution in [0.1, 0.15) is 11.7 Å². The molecule has 0 saturated carbocycles. The molecular weight excluding hydrogens is 302 g/mol. The molecule has 1 aromatic rings. The minimum atomic E-state index is -0.378. The van der Waals surface area contributed by atoms with Crippen LogP contribution in [0.15, 0.2) is 18.2 Å². The maximum absolute atomic E-state index is 9.84. The summed E-state index contributed by atoms with van der Waals surface area (Å²) in [5.41, 5.74) is 0.772. The van der Waals surface area contributed by atoms with Crippen LogP contribution in [0.4, 0.5) is 0 Å². The molecule has 1 unspecified atom stereocenters. The van der Waals surface area contributed by atoms with Gasteiger partial charge in [0, 0.05) is 6.54 Å². The van der Waals surface area contributed by atoms with Gasteiger partial charge in [0.2, 0.25) is 0 Å². The number of benzene rings is 1. The summed E-state index contributed by atoms with van der Waals surface area (Å²) in [6.45, 7) is 1.41. The Morgan fingerprint density at radius 3 is 2.25 bits per heavy atom. The molecule has 4 heteroatoms. The van der Waals surface area contributed by atoms with Crippen LogP contribution in [0.5, 0.6) is 11.5 Å². The first-order valence-electron chi connectivity index (χ1n) is 7.19. The summed E-state index contributed by atoms with van der Waals surface area (Å²) in [6, 6.07) is 4.90. The second-order valence-corrected chi connectivity index (χ2v) is 4.80. The van der Waals surface area contributed by atoms with Crippen molar-refractivity contribution < 1.29 is 14.6 Å². The molecule has 1 aromatic carbocycles. The monoisotopic (exact) mass is 321 g/mol. The van der Waals surface area contributed by atoms with Crippen molar-refractivity contribution in [2.75, 3.05) is 32.8 Å². The van der Waals surface area contributed by atoms with Gasteiger partial charge in [-0.1, -0.05) is 29.7 Å². The number of nitrogens with zero attached hydrogens (tertiary/aromatic N) is 1. The van der Waals surface area contributed by atoms with Gasteiger partial charge in [0.05, 0.1) is 19.2 Å². The molecule has 0 aliphatic heterocycles. The van der Waals surface area contributed by atoms with Crippen LogP contribution >= 0.6 is 0 Å². The molecule has 4 nitrogen and oxygen atoms in total. The van der Waals surface area contributed by atoms with Crippen LogP contribution in [-0.2, 0) is 4.74 Å². The molecule has 1 rings (SSSR count). The summed E-state index contributed by atoms with van der Waals surface area (Å²) in [5, 5.41) is 9.84. The molecule has 0 radical (unpaired) electrons. The van der Waals surface area contributed by atoms with Crippen LogP contribution in [0.25, 0.3) is 0 Å². The van der Waals surface area contributed by atoms with E-state index >= 15 is 0 Å². The lowest BCUT2D eigenvalue weighted by molar-refractivity contribution is 0.0510. The first-order chi connectivity index (χ1) is 11.7. The zero-order chi connectivity index (χ0) is 17.8. The standard InChI is InChI=1S/C20H19NO3/c1-5-11-21(12-6-2)16-20(24-14-8-4)17-9-10-18(22)19(15-17)23-13-7-3/h1-4,9-10,15,20,22H,11-14,16H2. The summed E-state index contributed by atoms with van der Waals surface area (Å²) in [4.78, 5) is 1.88. The lowest BCUT2D eigenvalue weighted by Gasteiger charge is -2.25. The lowest BCUT2D eigenvalue weighted by Crippen LogP contribution is -2.30. The molecule has 1 N–H and O–H groups in total. The molecule has 0 bridgehead atoms. The Labute approximate surface area is 143 Å². The van der Waals surface area contributed by atoms with Crippen molar-refractivity contribution in [2.24, 2.45) is 0 Å². The van der Waals surface area contributed by atoms with Gasteiger partial charge in [-0.05, 0) is 17.7 Å². The van der Waals surface area contributed by atoms with Crippen molar-refractivity contribution >= 4 is 0 Å². The largest absolute Gasteiger partial charge is 0.504 e. The maximum Gasteiger partial charge on any atom is 0.162 e. The van der Waals surface area contributed by atoms with Gasteiger partial charge >= 0.3 is 0 Å². The number of terminal acetylenes is 4. The van der Waals surface area contributed by atoms with E-state index in [1.54, 1.807) is 12.1 Å². The summed E-state index contributed by atoms with van der Waals surface area (Å²) >= 11 is 0. The van der Waals surface area contributed by atoms with Gasteiger partial charge in [-0.3, -0.25) is 4.90 Å². The number of hydrogen-bond donors (Lipinski definition) is 1. The van der Waals surface area contributed by atoms with Crippen molar-refractivity contribution in [1.82, 2.24) is 4.90 Å². The SMILES string of the molecule is C#CCOc1cc(C(CN(CC#C)CC#C)OCC#C)ccc1O.